The maximum absolute atomic E-state index is 12.9. The zero-order valence-corrected chi connectivity index (χ0v) is 8.59. The molecule has 1 aliphatic heterocycles. The lowest BCUT2D eigenvalue weighted by molar-refractivity contribution is -0.119. The van der Waals surface area contributed by atoms with E-state index in [2.05, 4.69) is 10.6 Å². The first-order valence-corrected chi connectivity index (χ1v) is 5.13. The molecule has 1 saturated heterocycles. The Morgan fingerprint density at radius 3 is 2.81 bits per heavy atom. The van der Waals surface area contributed by atoms with Crippen molar-refractivity contribution in [2.75, 3.05) is 11.9 Å². The molecule has 0 aliphatic carbocycles. The molecule has 0 radical (unpaired) electrons. The molecule has 1 aromatic rings. The molecule has 3 nitrogen and oxygen atoms in total. The van der Waals surface area contributed by atoms with Crippen molar-refractivity contribution in [2.24, 2.45) is 0 Å². The van der Waals surface area contributed by atoms with Crippen LogP contribution in [0, 0.1) is 11.6 Å². The minimum atomic E-state index is -0.875. The molecule has 1 aromatic carbocycles. The van der Waals surface area contributed by atoms with Crippen molar-refractivity contribution < 1.29 is 13.6 Å². The van der Waals surface area contributed by atoms with E-state index in [0.717, 1.165) is 18.6 Å². The average Bonchev–Trinajstić information content (AvgIpc) is 2.66. The maximum atomic E-state index is 12.9. The number of rotatable bonds is 3. The number of hydrogen-bond donors (Lipinski definition) is 2. The van der Waals surface area contributed by atoms with Crippen LogP contribution in [0.15, 0.2) is 18.2 Å². The Labute approximate surface area is 91.8 Å². The third-order valence-electron chi connectivity index (χ3n) is 2.56. The van der Waals surface area contributed by atoms with Crippen molar-refractivity contribution in [1.82, 2.24) is 5.32 Å². The second-order valence-corrected chi connectivity index (χ2v) is 3.81. The predicted octanol–water partition coefficient (Wildman–Crippen LogP) is 1.66. The standard InChI is InChI=1S/C11H12F2N2O/c12-9-3-1-7(5-10(9)13)14-6-8-2-4-11(16)15-8/h1,3,5,8,14H,2,4,6H2,(H,15,16). The molecule has 0 saturated carbocycles. The molecule has 1 unspecified atom stereocenters. The van der Waals surface area contributed by atoms with E-state index in [1.54, 1.807) is 0 Å². The summed E-state index contributed by atoms with van der Waals surface area (Å²) >= 11 is 0. The molecule has 2 rings (SSSR count). The first kappa shape index (κ1) is 10.9. The number of amides is 1. The van der Waals surface area contributed by atoms with Crippen LogP contribution in [0.5, 0.6) is 0 Å². The van der Waals surface area contributed by atoms with E-state index >= 15 is 0 Å². The predicted molar refractivity (Wildman–Crippen MR) is 56.0 cm³/mol. The van der Waals surface area contributed by atoms with E-state index in [-0.39, 0.29) is 11.9 Å². The fourth-order valence-electron chi connectivity index (χ4n) is 1.68. The van der Waals surface area contributed by atoms with Crippen LogP contribution in [0.4, 0.5) is 14.5 Å². The normalized spacial score (nSPS) is 19.6. The number of benzene rings is 1. The van der Waals surface area contributed by atoms with Gasteiger partial charge in [0.1, 0.15) is 0 Å². The molecule has 0 spiro atoms. The van der Waals surface area contributed by atoms with Gasteiger partial charge in [-0.1, -0.05) is 0 Å². The van der Waals surface area contributed by atoms with Crippen LogP contribution in [0.2, 0.25) is 0 Å². The third kappa shape index (κ3) is 2.48. The van der Waals surface area contributed by atoms with Gasteiger partial charge in [0.15, 0.2) is 11.6 Å². The Balaban J connectivity index is 1.89. The zero-order valence-electron chi connectivity index (χ0n) is 8.59. The molecule has 1 heterocycles. The summed E-state index contributed by atoms with van der Waals surface area (Å²) in [5, 5.41) is 5.73. The van der Waals surface area contributed by atoms with E-state index in [9.17, 15) is 13.6 Å². The Morgan fingerprint density at radius 1 is 1.38 bits per heavy atom. The molecule has 0 aromatic heterocycles. The summed E-state index contributed by atoms with van der Waals surface area (Å²) in [6.45, 7) is 0.525. The van der Waals surface area contributed by atoms with Crippen LogP contribution in [0.1, 0.15) is 12.8 Å². The van der Waals surface area contributed by atoms with Gasteiger partial charge in [0.2, 0.25) is 5.91 Å². The summed E-state index contributed by atoms with van der Waals surface area (Å²) in [6, 6.07) is 3.72. The topological polar surface area (TPSA) is 41.1 Å². The first-order valence-electron chi connectivity index (χ1n) is 5.13. The molecule has 1 aliphatic rings. The molecule has 0 bridgehead atoms. The molecule has 16 heavy (non-hydrogen) atoms. The Bertz CT molecular complexity index is 409. The van der Waals surface area contributed by atoms with Crippen LogP contribution >= 0.6 is 0 Å². The summed E-state index contributed by atoms with van der Waals surface area (Å²) < 4.78 is 25.5. The van der Waals surface area contributed by atoms with Gasteiger partial charge in [-0.2, -0.15) is 0 Å². The van der Waals surface area contributed by atoms with Crippen LogP contribution in [-0.4, -0.2) is 18.5 Å². The van der Waals surface area contributed by atoms with E-state index in [4.69, 9.17) is 0 Å². The fraction of sp³-hybridized carbons (Fsp3) is 0.364. The van der Waals surface area contributed by atoms with Crippen molar-refractivity contribution in [3.8, 4) is 0 Å². The highest BCUT2D eigenvalue weighted by Gasteiger charge is 2.20. The second kappa shape index (κ2) is 4.47. The van der Waals surface area contributed by atoms with Crippen LogP contribution in [-0.2, 0) is 4.79 Å². The highest BCUT2D eigenvalue weighted by atomic mass is 19.2. The van der Waals surface area contributed by atoms with Crippen molar-refractivity contribution in [3.05, 3.63) is 29.8 Å². The number of halogens is 2. The summed E-state index contributed by atoms with van der Waals surface area (Å²) in [4.78, 5) is 10.9. The van der Waals surface area contributed by atoms with Gasteiger partial charge in [0.05, 0.1) is 0 Å². The Morgan fingerprint density at radius 2 is 2.19 bits per heavy atom. The van der Waals surface area contributed by atoms with E-state index in [1.807, 2.05) is 0 Å². The van der Waals surface area contributed by atoms with Gasteiger partial charge in [0.25, 0.3) is 0 Å². The SMILES string of the molecule is O=C1CCC(CNc2ccc(F)c(F)c2)N1. The third-order valence-corrected chi connectivity index (χ3v) is 2.56. The Kier molecular flexibility index (Phi) is 3.03. The molecule has 86 valence electrons. The minimum absolute atomic E-state index is 0.0390. The highest BCUT2D eigenvalue weighted by Crippen LogP contribution is 2.14. The van der Waals surface area contributed by atoms with Crippen molar-refractivity contribution in [2.45, 2.75) is 18.9 Å². The smallest absolute Gasteiger partial charge is 0.220 e. The molecule has 2 N–H and O–H groups in total. The summed E-state index contributed by atoms with van der Waals surface area (Å²) in [5.41, 5.74) is 0.514. The van der Waals surface area contributed by atoms with Crippen molar-refractivity contribution in [3.63, 3.8) is 0 Å². The van der Waals surface area contributed by atoms with Crippen LogP contribution in [0.3, 0.4) is 0 Å². The summed E-state index contributed by atoms with van der Waals surface area (Å²) in [6.07, 6.45) is 1.31. The minimum Gasteiger partial charge on any atom is -0.383 e. The van der Waals surface area contributed by atoms with E-state index in [1.165, 1.54) is 6.07 Å². The van der Waals surface area contributed by atoms with Crippen LogP contribution in [0.25, 0.3) is 0 Å². The summed E-state index contributed by atoms with van der Waals surface area (Å²) in [5.74, 6) is -1.70. The molecule has 1 fully saturated rings. The average molecular weight is 226 g/mol. The van der Waals surface area contributed by atoms with Crippen LogP contribution < -0.4 is 10.6 Å². The quantitative estimate of drug-likeness (QED) is 0.822. The van der Waals surface area contributed by atoms with Gasteiger partial charge in [-0.25, -0.2) is 8.78 Å². The van der Waals surface area contributed by atoms with Crippen molar-refractivity contribution in [1.29, 1.82) is 0 Å². The van der Waals surface area contributed by atoms with Gasteiger partial charge in [-0.15, -0.1) is 0 Å². The number of hydrogen-bond acceptors (Lipinski definition) is 2. The fourth-order valence-corrected chi connectivity index (χ4v) is 1.68. The first-order chi connectivity index (χ1) is 7.65. The molecular weight excluding hydrogens is 214 g/mol. The maximum Gasteiger partial charge on any atom is 0.220 e. The monoisotopic (exact) mass is 226 g/mol. The number of anilines is 1. The Hall–Kier alpha value is -1.65. The number of carbonyl (C=O) groups is 1. The van der Waals surface area contributed by atoms with Gasteiger partial charge in [0, 0.05) is 24.7 Å². The molecule has 1 amide bonds. The lowest BCUT2D eigenvalue weighted by Gasteiger charge is -2.12. The van der Waals surface area contributed by atoms with E-state index in [0.29, 0.717) is 18.7 Å². The van der Waals surface area contributed by atoms with Gasteiger partial charge < -0.3 is 10.6 Å². The molecule has 5 heteroatoms. The summed E-state index contributed by atoms with van der Waals surface area (Å²) in [7, 11) is 0. The van der Waals surface area contributed by atoms with Crippen molar-refractivity contribution >= 4 is 11.6 Å². The highest BCUT2D eigenvalue weighted by molar-refractivity contribution is 5.78. The lowest BCUT2D eigenvalue weighted by atomic mass is 10.2. The molecular formula is C11H12F2N2O. The van der Waals surface area contributed by atoms with Gasteiger partial charge in [-0.05, 0) is 24.6 Å². The number of carbonyl (C=O) groups excluding carboxylic acids is 1. The molecule has 1 atom stereocenters. The van der Waals surface area contributed by atoms with E-state index < -0.39 is 11.6 Å². The second-order valence-electron chi connectivity index (χ2n) is 3.81. The van der Waals surface area contributed by atoms with Gasteiger partial charge >= 0.3 is 0 Å². The largest absolute Gasteiger partial charge is 0.383 e. The number of nitrogens with one attached hydrogen (secondary N) is 2. The lowest BCUT2D eigenvalue weighted by Crippen LogP contribution is -2.31. The zero-order chi connectivity index (χ0) is 11.5. The van der Waals surface area contributed by atoms with Gasteiger partial charge in [-0.3, -0.25) is 4.79 Å².